The number of nitrogen functional groups attached to an aromatic ring is 1. The third kappa shape index (κ3) is 3.66. The number of hydrogen-bond donors (Lipinski definition) is 2. The van der Waals surface area contributed by atoms with Gasteiger partial charge in [0.15, 0.2) is 0 Å². The molecule has 100 valence electrons. The van der Waals surface area contributed by atoms with E-state index in [4.69, 9.17) is 10.5 Å². The largest absolute Gasteiger partial charge is 0.384 e. The monoisotopic (exact) mass is 258 g/mol. The van der Waals surface area contributed by atoms with E-state index in [9.17, 15) is 0 Å². The Morgan fingerprint density at radius 1 is 1.26 bits per heavy atom. The number of benzene rings is 1. The fourth-order valence-corrected chi connectivity index (χ4v) is 1.87. The smallest absolute Gasteiger partial charge is 0.136 e. The van der Waals surface area contributed by atoms with E-state index in [2.05, 4.69) is 21.4 Å². The minimum absolute atomic E-state index is 0.462. The average molecular weight is 258 g/mol. The normalized spacial score (nSPS) is 10.4. The maximum Gasteiger partial charge on any atom is 0.136 e. The van der Waals surface area contributed by atoms with Crippen LogP contribution in [0.3, 0.4) is 0 Å². The minimum atomic E-state index is 0.462. The standard InChI is InChI=1S/C14H18N4O/c1-10-16-13(15)9-14(17-10)18-12-6-4-3-5-11(12)7-8-19-2/h3-6,9H,7-8H2,1-2H3,(H3,15,16,17,18). The molecule has 5 nitrogen and oxygen atoms in total. The minimum Gasteiger partial charge on any atom is -0.384 e. The summed E-state index contributed by atoms with van der Waals surface area (Å²) in [6, 6.07) is 9.79. The second-order valence-corrected chi connectivity index (χ2v) is 4.25. The first kappa shape index (κ1) is 13.3. The number of aryl methyl sites for hydroxylation is 1. The third-order valence-corrected chi connectivity index (χ3v) is 2.71. The van der Waals surface area contributed by atoms with Crippen molar-refractivity contribution in [2.75, 3.05) is 24.8 Å². The van der Waals surface area contributed by atoms with Crippen molar-refractivity contribution in [1.29, 1.82) is 0 Å². The molecular weight excluding hydrogens is 240 g/mol. The number of methoxy groups -OCH3 is 1. The number of aromatic nitrogens is 2. The zero-order valence-electron chi connectivity index (χ0n) is 11.2. The van der Waals surface area contributed by atoms with Crippen LogP contribution in [0.25, 0.3) is 0 Å². The molecule has 0 aliphatic carbocycles. The molecule has 0 saturated heterocycles. The fourth-order valence-electron chi connectivity index (χ4n) is 1.87. The van der Waals surface area contributed by atoms with Crippen LogP contribution < -0.4 is 11.1 Å². The molecule has 2 rings (SSSR count). The molecule has 0 radical (unpaired) electrons. The molecule has 0 spiro atoms. The van der Waals surface area contributed by atoms with Crippen molar-refractivity contribution in [1.82, 2.24) is 9.97 Å². The second-order valence-electron chi connectivity index (χ2n) is 4.25. The molecule has 0 saturated carbocycles. The van der Waals surface area contributed by atoms with Gasteiger partial charge in [-0.3, -0.25) is 0 Å². The van der Waals surface area contributed by atoms with E-state index >= 15 is 0 Å². The van der Waals surface area contributed by atoms with Crippen molar-refractivity contribution in [2.24, 2.45) is 0 Å². The number of nitrogens with zero attached hydrogens (tertiary/aromatic N) is 2. The average Bonchev–Trinajstić information content (AvgIpc) is 2.36. The summed E-state index contributed by atoms with van der Waals surface area (Å²) in [6.45, 7) is 2.50. The SMILES string of the molecule is COCCc1ccccc1Nc1cc(N)nc(C)n1. The summed E-state index contributed by atoms with van der Waals surface area (Å²) in [5.74, 6) is 1.82. The predicted octanol–water partition coefficient (Wildman–Crippen LogP) is 2.30. The predicted molar refractivity (Wildman–Crippen MR) is 76.5 cm³/mol. The highest BCUT2D eigenvalue weighted by atomic mass is 16.5. The highest BCUT2D eigenvalue weighted by molar-refractivity contribution is 5.62. The molecule has 5 heteroatoms. The topological polar surface area (TPSA) is 73.1 Å². The molecule has 1 aromatic carbocycles. The van der Waals surface area contributed by atoms with Crippen LogP contribution in [0.5, 0.6) is 0 Å². The number of nitrogens with one attached hydrogen (secondary N) is 1. The van der Waals surface area contributed by atoms with Crippen molar-refractivity contribution in [3.63, 3.8) is 0 Å². The van der Waals surface area contributed by atoms with Gasteiger partial charge in [0.1, 0.15) is 17.5 Å². The first-order valence-corrected chi connectivity index (χ1v) is 6.14. The van der Waals surface area contributed by atoms with Gasteiger partial charge in [-0.25, -0.2) is 9.97 Å². The lowest BCUT2D eigenvalue weighted by Crippen LogP contribution is -2.03. The van der Waals surface area contributed by atoms with Gasteiger partial charge < -0.3 is 15.8 Å². The van der Waals surface area contributed by atoms with Crippen LogP contribution in [-0.2, 0) is 11.2 Å². The Kier molecular flexibility index (Phi) is 4.30. The molecule has 0 unspecified atom stereocenters. The number of para-hydroxylation sites is 1. The Hall–Kier alpha value is -2.14. The molecule has 1 heterocycles. The van der Waals surface area contributed by atoms with Crippen molar-refractivity contribution < 1.29 is 4.74 Å². The summed E-state index contributed by atoms with van der Waals surface area (Å²) in [7, 11) is 1.70. The lowest BCUT2D eigenvalue weighted by molar-refractivity contribution is 0.202. The number of nitrogens with two attached hydrogens (primary N) is 1. The molecule has 0 amide bonds. The van der Waals surface area contributed by atoms with Crippen molar-refractivity contribution in [3.8, 4) is 0 Å². The molecule has 0 aliphatic heterocycles. The van der Waals surface area contributed by atoms with Gasteiger partial charge in [0.25, 0.3) is 0 Å². The van der Waals surface area contributed by atoms with Crippen LogP contribution in [0.1, 0.15) is 11.4 Å². The first-order valence-electron chi connectivity index (χ1n) is 6.14. The number of hydrogen-bond acceptors (Lipinski definition) is 5. The van der Waals surface area contributed by atoms with Gasteiger partial charge in [-0.2, -0.15) is 0 Å². The first-order chi connectivity index (χ1) is 9.19. The van der Waals surface area contributed by atoms with Crippen molar-refractivity contribution in [2.45, 2.75) is 13.3 Å². The van der Waals surface area contributed by atoms with Crippen LogP contribution in [0, 0.1) is 6.92 Å². The van der Waals surface area contributed by atoms with Crippen molar-refractivity contribution >= 4 is 17.3 Å². The van der Waals surface area contributed by atoms with Gasteiger partial charge >= 0.3 is 0 Å². The van der Waals surface area contributed by atoms with Gasteiger partial charge in [0.05, 0.1) is 6.61 Å². The van der Waals surface area contributed by atoms with E-state index in [1.165, 1.54) is 5.56 Å². The van der Waals surface area contributed by atoms with E-state index in [1.807, 2.05) is 25.1 Å². The quantitative estimate of drug-likeness (QED) is 0.861. The zero-order chi connectivity index (χ0) is 13.7. The van der Waals surface area contributed by atoms with E-state index in [1.54, 1.807) is 13.2 Å². The molecule has 0 fully saturated rings. The molecule has 1 aromatic heterocycles. The highest BCUT2D eigenvalue weighted by Crippen LogP contribution is 2.21. The maximum atomic E-state index is 5.72. The summed E-state index contributed by atoms with van der Waals surface area (Å²) >= 11 is 0. The molecule has 19 heavy (non-hydrogen) atoms. The summed E-state index contributed by atoms with van der Waals surface area (Å²) in [5.41, 5.74) is 7.91. The lowest BCUT2D eigenvalue weighted by Gasteiger charge is -2.11. The van der Waals surface area contributed by atoms with E-state index < -0.39 is 0 Å². The molecule has 3 N–H and O–H groups in total. The summed E-state index contributed by atoms with van der Waals surface area (Å²) in [6.07, 6.45) is 0.846. The van der Waals surface area contributed by atoms with E-state index in [0.29, 0.717) is 24.1 Å². The van der Waals surface area contributed by atoms with E-state index in [0.717, 1.165) is 12.1 Å². The van der Waals surface area contributed by atoms with Crippen LogP contribution in [0.2, 0.25) is 0 Å². The number of anilines is 3. The Morgan fingerprint density at radius 2 is 2.05 bits per heavy atom. The zero-order valence-corrected chi connectivity index (χ0v) is 11.2. The summed E-state index contributed by atoms with van der Waals surface area (Å²) in [5, 5.41) is 3.28. The Bertz CT molecular complexity index is 537. The lowest BCUT2D eigenvalue weighted by atomic mass is 10.1. The van der Waals surface area contributed by atoms with Crippen LogP contribution in [-0.4, -0.2) is 23.7 Å². The molecule has 0 bridgehead atoms. The number of rotatable bonds is 5. The third-order valence-electron chi connectivity index (χ3n) is 2.71. The Balaban J connectivity index is 2.22. The number of ether oxygens (including phenoxy) is 1. The Labute approximate surface area is 112 Å². The summed E-state index contributed by atoms with van der Waals surface area (Å²) in [4.78, 5) is 8.37. The van der Waals surface area contributed by atoms with Crippen LogP contribution in [0.15, 0.2) is 30.3 Å². The highest BCUT2D eigenvalue weighted by Gasteiger charge is 2.04. The van der Waals surface area contributed by atoms with E-state index in [-0.39, 0.29) is 0 Å². The van der Waals surface area contributed by atoms with Gasteiger partial charge in [-0.1, -0.05) is 18.2 Å². The van der Waals surface area contributed by atoms with Crippen LogP contribution in [0.4, 0.5) is 17.3 Å². The fraction of sp³-hybridized carbons (Fsp3) is 0.286. The summed E-state index contributed by atoms with van der Waals surface area (Å²) < 4.78 is 5.12. The molecule has 2 aromatic rings. The van der Waals surface area contributed by atoms with Crippen LogP contribution >= 0.6 is 0 Å². The molecular formula is C14H18N4O. The molecule has 0 atom stereocenters. The van der Waals surface area contributed by atoms with Gasteiger partial charge in [0, 0.05) is 18.9 Å². The second kappa shape index (κ2) is 6.15. The Morgan fingerprint density at radius 3 is 2.79 bits per heavy atom. The maximum absolute atomic E-state index is 5.72. The molecule has 0 aliphatic rings. The van der Waals surface area contributed by atoms with Gasteiger partial charge in [-0.05, 0) is 25.0 Å². The van der Waals surface area contributed by atoms with Crippen molar-refractivity contribution in [3.05, 3.63) is 41.7 Å². The van der Waals surface area contributed by atoms with Gasteiger partial charge in [-0.15, -0.1) is 0 Å². The van der Waals surface area contributed by atoms with Gasteiger partial charge in [0.2, 0.25) is 0 Å².